The predicted octanol–water partition coefficient (Wildman–Crippen LogP) is 2.90. The van der Waals surface area contributed by atoms with Gasteiger partial charge in [-0.15, -0.1) is 0 Å². The van der Waals surface area contributed by atoms with Crippen LogP contribution in [-0.4, -0.2) is 40.4 Å². The number of nitrogens with one attached hydrogen (secondary N) is 1. The molecular weight excluding hydrogens is 264 g/mol. The van der Waals surface area contributed by atoms with Crippen molar-refractivity contribution < 1.29 is 4.79 Å². The van der Waals surface area contributed by atoms with E-state index in [9.17, 15) is 4.79 Å². The molecule has 2 rings (SSSR count). The molecule has 0 unspecified atom stereocenters. The molecule has 0 saturated heterocycles. The van der Waals surface area contributed by atoms with Crippen LogP contribution in [0.3, 0.4) is 0 Å². The zero-order valence-electron chi connectivity index (χ0n) is 13.7. The predicted molar refractivity (Wildman–Crippen MR) is 84.6 cm³/mol. The van der Waals surface area contributed by atoms with Crippen LogP contribution in [0.25, 0.3) is 0 Å². The van der Waals surface area contributed by atoms with Gasteiger partial charge in [-0.1, -0.05) is 13.8 Å². The summed E-state index contributed by atoms with van der Waals surface area (Å²) in [6.07, 6.45) is 4.18. The van der Waals surface area contributed by atoms with Crippen molar-refractivity contribution in [2.45, 2.75) is 52.5 Å². The van der Waals surface area contributed by atoms with Gasteiger partial charge in [0.15, 0.2) is 5.69 Å². The molecule has 1 saturated carbocycles. The summed E-state index contributed by atoms with van der Waals surface area (Å²) in [6, 6.07) is 0.181. The topological polar surface area (TPSA) is 58.1 Å². The van der Waals surface area contributed by atoms with Gasteiger partial charge in [0.05, 0.1) is 11.9 Å². The highest BCUT2D eigenvalue weighted by molar-refractivity contribution is 5.97. The molecular formula is C16H26N4O. The summed E-state index contributed by atoms with van der Waals surface area (Å²) in [4.78, 5) is 23.7. The summed E-state index contributed by atoms with van der Waals surface area (Å²) in [5.41, 5.74) is 1.19. The third-order valence-corrected chi connectivity index (χ3v) is 3.83. The molecule has 1 N–H and O–H groups in total. The third kappa shape index (κ3) is 3.71. The molecule has 1 aliphatic carbocycles. The quantitative estimate of drug-likeness (QED) is 0.875. The van der Waals surface area contributed by atoms with Crippen LogP contribution in [0.15, 0.2) is 6.20 Å². The van der Waals surface area contributed by atoms with Crippen molar-refractivity contribution in [2.75, 3.05) is 18.9 Å². The Kier molecular flexibility index (Phi) is 4.80. The molecule has 1 aromatic rings. The Morgan fingerprint density at radius 1 is 1.38 bits per heavy atom. The average Bonchev–Trinajstić information content (AvgIpc) is 3.27. The van der Waals surface area contributed by atoms with Gasteiger partial charge in [0.25, 0.3) is 5.91 Å². The van der Waals surface area contributed by atoms with E-state index in [0.29, 0.717) is 23.1 Å². The number of hydrogen-bond donors (Lipinski definition) is 1. The summed E-state index contributed by atoms with van der Waals surface area (Å²) in [5, 5.41) is 3.03. The van der Waals surface area contributed by atoms with E-state index in [1.807, 2.05) is 18.7 Å². The Morgan fingerprint density at radius 2 is 2.05 bits per heavy atom. The normalized spacial score (nSPS) is 14.6. The van der Waals surface area contributed by atoms with Crippen LogP contribution in [0.2, 0.25) is 0 Å². The Morgan fingerprint density at radius 3 is 2.52 bits per heavy atom. The number of carbonyl (C=O) groups is 1. The van der Waals surface area contributed by atoms with Crippen molar-refractivity contribution in [3.8, 4) is 0 Å². The van der Waals surface area contributed by atoms with Crippen LogP contribution >= 0.6 is 0 Å². The minimum atomic E-state index is 0.00514. The average molecular weight is 290 g/mol. The maximum Gasteiger partial charge on any atom is 0.274 e. The van der Waals surface area contributed by atoms with Crippen LogP contribution in [0.1, 0.15) is 62.8 Å². The first-order valence-corrected chi connectivity index (χ1v) is 7.79. The molecule has 0 aliphatic heterocycles. The SMILES string of the molecule is CNc1cnc(C(C)C)nc1C(=O)N(CC1CC1)C(C)C. The van der Waals surface area contributed by atoms with Crippen molar-refractivity contribution in [3.63, 3.8) is 0 Å². The lowest BCUT2D eigenvalue weighted by molar-refractivity contribution is 0.0690. The maximum atomic E-state index is 12.9. The van der Waals surface area contributed by atoms with E-state index >= 15 is 0 Å². The van der Waals surface area contributed by atoms with Crippen LogP contribution in [0.4, 0.5) is 5.69 Å². The number of nitrogens with zero attached hydrogens (tertiary/aromatic N) is 3. The van der Waals surface area contributed by atoms with E-state index in [4.69, 9.17) is 0 Å². The summed E-state index contributed by atoms with van der Waals surface area (Å²) < 4.78 is 0. The van der Waals surface area contributed by atoms with Gasteiger partial charge in [-0.2, -0.15) is 0 Å². The summed E-state index contributed by atoms with van der Waals surface area (Å²) >= 11 is 0. The number of amides is 1. The van der Waals surface area contributed by atoms with Crippen LogP contribution in [-0.2, 0) is 0 Å². The number of rotatable bonds is 6. The molecule has 1 amide bonds. The van der Waals surface area contributed by atoms with Gasteiger partial charge in [0.1, 0.15) is 5.82 Å². The van der Waals surface area contributed by atoms with E-state index in [2.05, 4.69) is 29.1 Å². The lowest BCUT2D eigenvalue weighted by Crippen LogP contribution is -2.39. The first-order chi connectivity index (χ1) is 9.93. The Labute approximate surface area is 127 Å². The number of carbonyl (C=O) groups excluding carboxylic acids is 1. The molecule has 1 aliphatic rings. The molecule has 0 spiro atoms. The lowest BCUT2D eigenvalue weighted by Gasteiger charge is -2.27. The van der Waals surface area contributed by atoms with E-state index in [1.54, 1.807) is 13.2 Å². The number of anilines is 1. The molecule has 0 bridgehead atoms. The zero-order valence-corrected chi connectivity index (χ0v) is 13.7. The Balaban J connectivity index is 2.31. The molecule has 21 heavy (non-hydrogen) atoms. The second kappa shape index (κ2) is 6.41. The number of hydrogen-bond acceptors (Lipinski definition) is 4. The van der Waals surface area contributed by atoms with Crippen molar-refractivity contribution in [1.82, 2.24) is 14.9 Å². The van der Waals surface area contributed by atoms with Gasteiger partial charge in [-0.3, -0.25) is 4.79 Å². The molecule has 0 atom stereocenters. The van der Waals surface area contributed by atoms with E-state index < -0.39 is 0 Å². The van der Waals surface area contributed by atoms with Crippen LogP contribution < -0.4 is 5.32 Å². The lowest BCUT2D eigenvalue weighted by atomic mass is 10.2. The van der Waals surface area contributed by atoms with Crippen LogP contribution in [0, 0.1) is 5.92 Å². The maximum absolute atomic E-state index is 12.9. The van der Waals surface area contributed by atoms with Gasteiger partial charge < -0.3 is 10.2 Å². The van der Waals surface area contributed by atoms with Gasteiger partial charge in [-0.05, 0) is 32.6 Å². The summed E-state index contributed by atoms with van der Waals surface area (Å²) in [7, 11) is 1.80. The first kappa shape index (κ1) is 15.7. The van der Waals surface area contributed by atoms with Crippen molar-refractivity contribution in [1.29, 1.82) is 0 Å². The van der Waals surface area contributed by atoms with E-state index in [-0.39, 0.29) is 17.9 Å². The molecule has 5 nitrogen and oxygen atoms in total. The Bertz CT molecular complexity index is 509. The minimum absolute atomic E-state index is 0.00514. The second-order valence-electron chi connectivity index (χ2n) is 6.39. The fourth-order valence-corrected chi connectivity index (χ4v) is 2.26. The van der Waals surface area contributed by atoms with Gasteiger partial charge >= 0.3 is 0 Å². The second-order valence-corrected chi connectivity index (χ2v) is 6.39. The molecule has 1 heterocycles. The smallest absolute Gasteiger partial charge is 0.274 e. The van der Waals surface area contributed by atoms with Crippen molar-refractivity contribution >= 4 is 11.6 Å². The highest BCUT2D eigenvalue weighted by atomic mass is 16.2. The van der Waals surface area contributed by atoms with Gasteiger partial charge in [0.2, 0.25) is 0 Å². The fourth-order valence-electron chi connectivity index (χ4n) is 2.26. The molecule has 1 fully saturated rings. The van der Waals surface area contributed by atoms with Gasteiger partial charge in [-0.25, -0.2) is 9.97 Å². The largest absolute Gasteiger partial charge is 0.385 e. The van der Waals surface area contributed by atoms with Crippen molar-refractivity contribution in [2.24, 2.45) is 5.92 Å². The molecule has 5 heteroatoms. The number of aromatic nitrogens is 2. The monoisotopic (exact) mass is 290 g/mol. The standard InChI is InChI=1S/C16H26N4O/c1-10(2)15-18-8-13(17-5)14(19-15)16(21)20(11(3)4)9-12-6-7-12/h8,10-12,17H,6-7,9H2,1-5H3. The molecule has 0 radical (unpaired) electrons. The zero-order chi connectivity index (χ0) is 15.6. The van der Waals surface area contributed by atoms with Crippen LogP contribution in [0.5, 0.6) is 0 Å². The molecule has 1 aromatic heterocycles. The summed E-state index contributed by atoms with van der Waals surface area (Å²) in [5.74, 6) is 1.59. The Hall–Kier alpha value is -1.65. The first-order valence-electron chi connectivity index (χ1n) is 7.79. The van der Waals surface area contributed by atoms with Gasteiger partial charge in [0, 0.05) is 25.6 Å². The minimum Gasteiger partial charge on any atom is -0.385 e. The third-order valence-electron chi connectivity index (χ3n) is 3.83. The highest BCUT2D eigenvalue weighted by Gasteiger charge is 2.30. The molecule has 116 valence electrons. The summed E-state index contributed by atoms with van der Waals surface area (Å²) in [6.45, 7) is 9.02. The highest BCUT2D eigenvalue weighted by Crippen LogP contribution is 2.31. The fraction of sp³-hybridized carbons (Fsp3) is 0.688. The molecule has 0 aromatic carbocycles. The van der Waals surface area contributed by atoms with E-state index in [0.717, 1.165) is 6.54 Å². The van der Waals surface area contributed by atoms with E-state index in [1.165, 1.54) is 12.8 Å². The van der Waals surface area contributed by atoms with Crippen molar-refractivity contribution in [3.05, 3.63) is 17.7 Å².